The summed E-state index contributed by atoms with van der Waals surface area (Å²) in [5.41, 5.74) is 0. The first-order valence-electron chi connectivity index (χ1n) is 6.18. The lowest BCUT2D eigenvalue weighted by Crippen LogP contribution is -2.60. The van der Waals surface area contributed by atoms with Crippen LogP contribution in [0.4, 0.5) is 0 Å². The standard InChI is InChI=1S/C13H18O7/c1-18-7-4-2-3-5-8(7)19-13-12(17)11(16)10(15)9(6-14)20-13/h2-5,9-17H,6H2,1H3/t9?,10-,11+,12+,13?/m1/s1. The summed E-state index contributed by atoms with van der Waals surface area (Å²) in [5, 5.41) is 38.3. The number of rotatable bonds is 4. The van der Waals surface area contributed by atoms with Crippen LogP contribution in [0.3, 0.4) is 0 Å². The number of methoxy groups -OCH3 is 1. The van der Waals surface area contributed by atoms with Crippen LogP contribution in [-0.2, 0) is 4.74 Å². The Bertz CT molecular complexity index is 436. The molecule has 7 heteroatoms. The smallest absolute Gasteiger partial charge is 0.229 e. The fourth-order valence-corrected chi connectivity index (χ4v) is 2.01. The van der Waals surface area contributed by atoms with Gasteiger partial charge in [-0.2, -0.15) is 0 Å². The summed E-state index contributed by atoms with van der Waals surface area (Å²) in [6.45, 7) is -0.503. The molecule has 1 aromatic rings. The number of para-hydroxylation sites is 2. The molecule has 1 aliphatic heterocycles. The van der Waals surface area contributed by atoms with E-state index in [1.807, 2.05) is 0 Å². The van der Waals surface area contributed by atoms with Crippen molar-refractivity contribution in [3.8, 4) is 11.5 Å². The molecule has 0 radical (unpaired) electrons. The van der Waals surface area contributed by atoms with Crippen molar-refractivity contribution >= 4 is 0 Å². The molecule has 0 aromatic heterocycles. The van der Waals surface area contributed by atoms with E-state index in [1.54, 1.807) is 24.3 Å². The van der Waals surface area contributed by atoms with Crippen LogP contribution >= 0.6 is 0 Å². The molecule has 0 aliphatic carbocycles. The Morgan fingerprint density at radius 3 is 2.30 bits per heavy atom. The molecule has 1 heterocycles. The fourth-order valence-electron chi connectivity index (χ4n) is 2.01. The predicted molar refractivity (Wildman–Crippen MR) is 67.4 cm³/mol. The maximum absolute atomic E-state index is 9.86. The van der Waals surface area contributed by atoms with Crippen LogP contribution in [0.15, 0.2) is 24.3 Å². The Labute approximate surface area is 115 Å². The summed E-state index contributed by atoms with van der Waals surface area (Å²) in [6, 6.07) is 6.74. The number of hydrogen-bond donors (Lipinski definition) is 4. The molecule has 4 N–H and O–H groups in total. The van der Waals surface area contributed by atoms with Crippen molar-refractivity contribution in [2.45, 2.75) is 30.7 Å². The van der Waals surface area contributed by atoms with E-state index in [9.17, 15) is 15.3 Å². The van der Waals surface area contributed by atoms with Gasteiger partial charge in [0.1, 0.15) is 24.4 Å². The van der Waals surface area contributed by atoms with E-state index in [4.69, 9.17) is 19.3 Å². The maximum atomic E-state index is 9.86. The van der Waals surface area contributed by atoms with Gasteiger partial charge in [0.2, 0.25) is 6.29 Å². The minimum absolute atomic E-state index is 0.319. The molecule has 1 fully saturated rings. The summed E-state index contributed by atoms with van der Waals surface area (Å²) in [6.07, 6.45) is -6.55. The third kappa shape index (κ3) is 2.87. The first-order valence-corrected chi connectivity index (χ1v) is 6.18. The van der Waals surface area contributed by atoms with Crippen LogP contribution in [0.1, 0.15) is 0 Å². The highest BCUT2D eigenvalue weighted by molar-refractivity contribution is 5.39. The van der Waals surface area contributed by atoms with Crippen molar-refractivity contribution in [3.63, 3.8) is 0 Å². The molecule has 0 spiro atoms. The van der Waals surface area contributed by atoms with Gasteiger partial charge >= 0.3 is 0 Å². The lowest BCUT2D eigenvalue weighted by atomic mass is 9.99. The highest BCUT2D eigenvalue weighted by Gasteiger charge is 2.44. The van der Waals surface area contributed by atoms with Crippen molar-refractivity contribution in [1.29, 1.82) is 0 Å². The van der Waals surface area contributed by atoms with E-state index in [-0.39, 0.29) is 0 Å². The first kappa shape index (κ1) is 15.0. The van der Waals surface area contributed by atoms with Gasteiger partial charge in [0, 0.05) is 0 Å². The van der Waals surface area contributed by atoms with Crippen molar-refractivity contribution in [2.24, 2.45) is 0 Å². The molecule has 20 heavy (non-hydrogen) atoms. The zero-order valence-corrected chi connectivity index (χ0v) is 10.9. The lowest BCUT2D eigenvalue weighted by Gasteiger charge is -2.39. The van der Waals surface area contributed by atoms with E-state index in [0.717, 1.165) is 0 Å². The molecule has 1 aliphatic rings. The van der Waals surface area contributed by atoms with E-state index in [1.165, 1.54) is 7.11 Å². The fraction of sp³-hybridized carbons (Fsp3) is 0.538. The van der Waals surface area contributed by atoms with E-state index >= 15 is 0 Å². The summed E-state index contributed by atoms with van der Waals surface area (Å²) in [7, 11) is 1.47. The van der Waals surface area contributed by atoms with Gasteiger partial charge < -0.3 is 34.6 Å². The van der Waals surface area contributed by atoms with Gasteiger partial charge in [-0.05, 0) is 12.1 Å². The topological polar surface area (TPSA) is 109 Å². The van der Waals surface area contributed by atoms with Crippen LogP contribution in [0, 0.1) is 0 Å². The third-order valence-electron chi connectivity index (χ3n) is 3.16. The highest BCUT2D eigenvalue weighted by Crippen LogP contribution is 2.30. The first-order chi connectivity index (χ1) is 9.58. The zero-order chi connectivity index (χ0) is 14.7. The van der Waals surface area contributed by atoms with Crippen molar-refractivity contribution in [1.82, 2.24) is 0 Å². The predicted octanol–water partition coefficient (Wildman–Crippen LogP) is -1.13. The molecule has 2 unspecified atom stereocenters. The Morgan fingerprint density at radius 2 is 1.70 bits per heavy atom. The number of aliphatic hydroxyl groups excluding tert-OH is 4. The molecule has 1 saturated heterocycles. The minimum atomic E-state index is -1.47. The van der Waals surface area contributed by atoms with E-state index < -0.39 is 37.3 Å². The third-order valence-corrected chi connectivity index (χ3v) is 3.16. The number of aliphatic hydroxyl groups is 4. The lowest BCUT2D eigenvalue weighted by molar-refractivity contribution is -0.277. The normalized spacial score (nSPS) is 33.8. The van der Waals surface area contributed by atoms with Crippen LogP contribution in [0.2, 0.25) is 0 Å². The van der Waals surface area contributed by atoms with E-state index in [0.29, 0.717) is 11.5 Å². The van der Waals surface area contributed by atoms with Gasteiger partial charge in [0.25, 0.3) is 0 Å². The molecule has 2 rings (SSSR count). The number of hydrogen-bond acceptors (Lipinski definition) is 7. The monoisotopic (exact) mass is 286 g/mol. The van der Waals surface area contributed by atoms with Crippen LogP contribution in [0.25, 0.3) is 0 Å². The van der Waals surface area contributed by atoms with Crippen LogP contribution < -0.4 is 9.47 Å². The van der Waals surface area contributed by atoms with Gasteiger partial charge in [0.15, 0.2) is 11.5 Å². The number of benzene rings is 1. The Balaban J connectivity index is 2.15. The van der Waals surface area contributed by atoms with Crippen LogP contribution in [-0.4, -0.2) is 64.8 Å². The number of ether oxygens (including phenoxy) is 3. The van der Waals surface area contributed by atoms with E-state index in [2.05, 4.69) is 0 Å². The quantitative estimate of drug-likeness (QED) is 0.555. The average Bonchev–Trinajstić information content (AvgIpc) is 2.48. The summed E-state index contributed by atoms with van der Waals surface area (Å²) < 4.78 is 15.8. The molecule has 7 nitrogen and oxygen atoms in total. The molecule has 112 valence electrons. The van der Waals surface area contributed by atoms with Crippen molar-refractivity contribution in [3.05, 3.63) is 24.3 Å². The molecular formula is C13H18O7. The second-order valence-corrected chi connectivity index (χ2v) is 4.47. The maximum Gasteiger partial charge on any atom is 0.229 e. The SMILES string of the molecule is COc1ccccc1OC1OC(CO)[C@@H](O)[C@H](O)[C@@H]1O. The molecule has 0 bridgehead atoms. The second kappa shape index (κ2) is 6.38. The summed E-state index contributed by atoms with van der Waals surface area (Å²) >= 11 is 0. The van der Waals surface area contributed by atoms with Gasteiger partial charge in [0.05, 0.1) is 13.7 Å². The molecule has 1 aromatic carbocycles. The summed E-state index contributed by atoms with van der Waals surface area (Å²) in [5.74, 6) is 0.754. The van der Waals surface area contributed by atoms with Crippen molar-refractivity contribution < 1.29 is 34.6 Å². The average molecular weight is 286 g/mol. The van der Waals surface area contributed by atoms with Gasteiger partial charge in [-0.25, -0.2) is 0 Å². The molecule has 0 saturated carbocycles. The van der Waals surface area contributed by atoms with Crippen molar-refractivity contribution in [2.75, 3.05) is 13.7 Å². The molecule has 5 atom stereocenters. The molecule has 0 amide bonds. The highest BCUT2D eigenvalue weighted by atomic mass is 16.7. The minimum Gasteiger partial charge on any atom is -0.493 e. The zero-order valence-electron chi connectivity index (χ0n) is 10.9. The summed E-state index contributed by atoms with van der Waals surface area (Å²) in [4.78, 5) is 0. The Morgan fingerprint density at radius 1 is 1.05 bits per heavy atom. The van der Waals surface area contributed by atoms with Crippen LogP contribution in [0.5, 0.6) is 11.5 Å². The molecular weight excluding hydrogens is 268 g/mol. The largest absolute Gasteiger partial charge is 0.493 e. The second-order valence-electron chi connectivity index (χ2n) is 4.47. The van der Waals surface area contributed by atoms with Gasteiger partial charge in [-0.1, -0.05) is 12.1 Å². The Kier molecular flexibility index (Phi) is 4.79. The van der Waals surface area contributed by atoms with Gasteiger partial charge in [-0.15, -0.1) is 0 Å². The van der Waals surface area contributed by atoms with Gasteiger partial charge in [-0.3, -0.25) is 0 Å². The Hall–Kier alpha value is -1.38.